The fourth-order valence-electron chi connectivity index (χ4n) is 8.11. The third-order valence-electron chi connectivity index (χ3n) is 13.8. The second kappa shape index (κ2) is 36.2. The molecule has 0 saturated heterocycles. The van der Waals surface area contributed by atoms with Crippen LogP contribution in [0.15, 0.2) is 213 Å². The lowest BCUT2D eigenvalue weighted by molar-refractivity contribution is 1.17. The normalized spacial score (nSPS) is 9.71. The molecule has 82 heavy (non-hydrogen) atoms. The summed E-state index contributed by atoms with van der Waals surface area (Å²) in [6, 6.07) is 63.9. The molecule has 3 nitrogen and oxygen atoms in total. The molecule has 426 valence electrons. The first-order valence-corrected chi connectivity index (χ1v) is 28.6. The van der Waals surface area contributed by atoms with E-state index < -0.39 is 0 Å². The van der Waals surface area contributed by atoms with Crippen molar-refractivity contribution in [2.75, 3.05) is 0 Å². The Hall–Kier alpha value is -8.27. The highest BCUT2D eigenvalue weighted by Gasteiger charge is 1.98. The third kappa shape index (κ3) is 26.8. The molecule has 0 unspecified atom stereocenters. The Morgan fingerprint density at radius 2 is 0.573 bits per heavy atom. The minimum atomic E-state index is 1.08. The Labute approximate surface area is 496 Å². The number of aryl methyl sites for hydroxylation is 20. The number of fused-ring (bicyclic) bond motifs is 2. The topological polar surface area (TPSA) is 38.7 Å². The summed E-state index contributed by atoms with van der Waals surface area (Å²) in [6.45, 7) is 42.1. The number of hydrogen-bond acceptors (Lipinski definition) is 3. The zero-order valence-corrected chi connectivity index (χ0v) is 53.5. The summed E-state index contributed by atoms with van der Waals surface area (Å²) in [6.07, 6.45) is 9.26. The Balaban J connectivity index is 0.000000243. The molecule has 11 aromatic rings. The van der Waals surface area contributed by atoms with Crippen molar-refractivity contribution < 1.29 is 0 Å². The van der Waals surface area contributed by atoms with E-state index in [0.717, 1.165) is 5.69 Å². The average Bonchev–Trinajstić information content (AvgIpc) is 3.43. The maximum Gasteiger partial charge on any atom is 0.0372 e. The van der Waals surface area contributed by atoms with E-state index in [2.05, 4.69) is 296 Å². The summed E-state index contributed by atoms with van der Waals surface area (Å²) in [7, 11) is 0. The highest BCUT2D eigenvalue weighted by Crippen LogP contribution is 2.21. The number of aromatic nitrogens is 3. The maximum atomic E-state index is 4.08. The van der Waals surface area contributed by atoms with Crippen molar-refractivity contribution in [1.82, 2.24) is 15.0 Å². The Bertz CT molecular complexity index is 3240. The minimum absolute atomic E-state index is 1.08. The van der Waals surface area contributed by atoms with Crippen LogP contribution in [0.3, 0.4) is 0 Å². The van der Waals surface area contributed by atoms with Crippen LogP contribution >= 0.6 is 0 Å². The van der Waals surface area contributed by atoms with E-state index in [1.165, 1.54) is 127 Å². The van der Waals surface area contributed by atoms with E-state index in [1.54, 1.807) is 0 Å². The lowest BCUT2D eigenvalue weighted by atomic mass is 10.0. The smallest absolute Gasteiger partial charge is 0.0372 e. The fraction of sp³-hybridized carbons (Fsp3) is 0.253. The highest BCUT2D eigenvalue weighted by atomic mass is 14.6. The summed E-state index contributed by atoms with van der Waals surface area (Å²) >= 11 is 0. The lowest BCUT2D eigenvalue weighted by Crippen LogP contribution is -1.86. The van der Waals surface area contributed by atoms with Crippen molar-refractivity contribution >= 4 is 21.5 Å². The molecule has 3 heteroatoms. The van der Waals surface area contributed by atoms with Crippen LogP contribution in [0.4, 0.5) is 0 Å². The number of nitrogens with zero attached hydrogens (tertiary/aromatic N) is 3. The molecular weight excluding hydrogens is 991 g/mol. The summed E-state index contributed by atoms with van der Waals surface area (Å²) in [5.41, 5.74) is 26.3. The summed E-state index contributed by atoms with van der Waals surface area (Å²) < 4.78 is 0. The van der Waals surface area contributed by atoms with Gasteiger partial charge in [-0.1, -0.05) is 203 Å². The van der Waals surface area contributed by atoms with E-state index in [9.17, 15) is 0 Å². The second-order valence-electron chi connectivity index (χ2n) is 22.0. The van der Waals surface area contributed by atoms with Gasteiger partial charge in [0.25, 0.3) is 0 Å². The molecule has 0 aliphatic carbocycles. The van der Waals surface area contributed by atoms with Gasteiger partial charge in [0.15, 0.2) is 0 Å². The van der Waals surface area contributed by atoms with Gasteiger partial charge in [-0.2, -0.15) is 0 Å². The van der Waals surface area contributed by atoms with Gasteiger partial charge >= 0.3 is 0 Å². The quantitative estimate of drug-likeness (QED) is 0.152. The summed E-state index contributed by atoms with van der Waals surface area (Å²) in [4.78, 5) is 12.0. The van der Waals surface area contributed by atoms with Crippen LogP contribution in [0.5, 0.6) is 0 Å². The number of rotatable bonds is 0. The van der Waals surface area contributed by atoms with Crippen molar-refractivity contribution in [2.24, 2.45) is 0 Å². The van der Waals surface area contributed by atoms with Crippen molar-refractivity contribution in [3.8, 4) is 0 Å². The Kier molecular flexibility index (Phi) is 30.0. The molecule has 0 amide bonds. The lowest BCUT2D eigenvalue weighted by Gasteiger charge is -2.04. The zero-order chi connectivity index (χ0) is 60.7. The summed E-state index contributed by atoms with van der Waals surface area (Å²) in [5.74, 6) is 0. The highest BCUT2D eigenvalue weighted by molar-refractivity contribution is 5.88. The first-order valence-electron chi connectivity index (χ1n) is 28.6. The standard InChI is InChI=1S/2C12H12.C10H14.3C8H10.3C7H9N/c1-9-3-5-12-8-10(2)4-6-11(12)7-9;1-9-5-3-8-12-10(2)6-4-7-11(9)12;1-7-5-9(3)10(4)6-8(7)2;1-7-3-5-8(2)6-4-7;1-7-4-3-5-8(2)6-7;1-7-5-3-4-6-8(7)2;1-6-3-7(2)5-8-4-6;1-6-3-4-8-5-7(6)2;1-6-3-4-7(2)8-5-6/h2*3-8H,1-2H3;5-6H,1-4H3;3*3-6H,1-2H3;3*3-5H,1-2H3. The van der Waals surface area contributed by atoms with Crippen molar-refractivity contribution in [2.45, 2.75) is 138 Å². The number of pyridine rings is 3. The van der Waals surface area contributed by atoms with Gasteiger partial charge in [-0.25, -0.2) is 0 Å². The second-order valence-corrected chi connectivity index (χ2v) is 22.0. The molecule has 0 atom stereocenters. The molecule has 0 bridgehead atoms. The first kappa shape index (κ1) is 68.0. The summed E-state index contributed by atoms with van der Waals surface area (Å²) in [5, 5.41) is 5.41. The molecule has 3 aromatic heterocycles. The van der Waals surface area contributed by atoms with Gasteiger partial charge in [0.05, 0.1) is 0 Å². The fourth-order valence-corrected chi connectivity index (χ4v) is 8.11. The van der Waals surface area contributed by atoms with Gasteiger partial charge in [-0.15, -0.1) is 0 Å². The molecule has 0 spiro atoms. The zero-order valence-electron chi connectivity index (χ0n) is 53.5. The van der Waals surface area contributed by atoms with Crippen LogP contribution in [-0.2, 0) is 0 Å². The van der Waals surface area contributed by atoms with Gasteiger partial charge in [0.1, 0.15) is 0 Å². The van der Waals surface area contributed by atoms with Crippen LogP contribution in [-0.4, -0.2) is 15.0 Å². The Morgan fingerprint density at radius 1 is 0.207 bits per heavy atom. The molecule has 0 N–H and O–H groups in total. The van der Waals surface area contributed by atoms with Crippen molar-refractivity contribution in [3.05, 3.63) is 324 Å². The third-order valence-corrected chi connectivity index (χ3v) is 13.8. The van der Waals surface area contributed by atoms with E-state index in [4.69, 9.17) is 0 Å². The molecule has 0 aliphatic rings. The molecular formula is C79H95N3. The molecule has 11 rings (SSSR count). The van der Waals surface area contributed by atoms with Crippen LogP contribution in [0.2, 0.25) is 0 Å². The van der Waals surface area contributed by atoms with E-state index in [0.29, 0.717) is 0 Å². The molecule has 0 aliphatic heterocycles. The largest absolute Gasteiger partial charge is 0.264 e. The van der Waals surface area contributed by atoms with Crippen LogP contribution in [0.1, 0.15) is 111 Å². The predicted molar refractivity (Wildman–Crippen MR) is 361 cm³/mol. The first-order chi connectivity index (χ1) is 38.9. The van der Waals surface area contributed by atoms with Crippen LogP contribution < -0.4 is 0 Å². The molecule has 3 heterocycles. The van der Waals surface area contributed by atoms with Crippen molar-refractivity contribution in [3.63, 3.8) is 0 Å². The molecule has 8 aromatic carbocycles. The van der Waals surface area contributed by atoms with Gasteiger partial charge in [-0.05, 0) is 244 Å². The van der Waals surface area contributed by atoms with E-state index >= 15 is 0 Å². The van der Waals surface area contributed by atoms with Gasteiger partial charge in [0.2, 0.25) is 0 Å². The Morgan fingerprint density at radius 3 is 0.890 bits per heavy atom. The minimum Gasteiger partial charge on any atom is -0.264 e. The van der Waals surface area contributed by atoms with Crippen LogP contribution in [0, 0.1) is 138 Å². The van der Waals surface area contributed by atoms with Crippen LogP contribution in [0.25, 0.3) is 21.5 Å². The van der Waals surface area contributed by atoms with Crippen molar-refractivity contribution in [1.29, 1.82) is 0 Å². The van der Waals surface area contributed by atoms with Gasteiger partial charge < -0.3 is 0 Å². The molecule has 0 saturated carbocycles. The average molecular weight is 1090 g/mol. The molecule has 0 fully saturated rings. The number of benzene rings is 8. The monoisotopic (exact) mass is 1090 g/mol. The van der Waals surface area contributed by atoms with E-state index in [1.807, 2.05) is 70.8 Å². The van der Waals surface area contributed by atoms with Gasteiger partial charge in [-0.3, -0.25) is 15.0 Å². The van der Waals surface area contributed by atoms with E-state index in [-0.39, 0.29) is 0 Å². The van der Waals surface area contributed by atoms with Gasteiger partial charge in [0, 0.05) is 36.7 Å². The SMILES string of the molecule is Cc1cc(C)c(C)cc1C.Cc1ccc(C)cc1.Cc1ccc(C)nc1.Cc1ccc2cc(C)ccc2c1.Cc1cccc(C)c1.Cc1cccc2c(C)cccc12.Cc1ccccc1C.Cc1ccncc1C.Cc1cncc(C)c1. The number of hydrogen-bond donors (Lipinski definition) is 0. The maximum absolute atomic E-state index is 4.08. The predicted octanol–water partition coefficient (Wildman–Crippen LogP) is 21.8. The molecule has 0 radical (unpaired) electrons.